The summed E-state index contributed by atoms with van der Waals surface area (Å²) in [6.45, 7) is 7.16. The molecule has 3 aromatic carbocycles. The van der Waals surface area contributed by atoms with E-state index in [4.69, 9.17) is 9.47 Å². The van der Waals surface area contributed by atoms with E-state index in [1.807, 2.05) is 0 Å². The van der Waals surface area contributed by atoms with Crippen LogP contribution in [0, 0.1) is 11.8 Å². The van der Waals surface area contributed by atoms with Crippen molar-refractivity contribution in [2.75, 3.05) is 20.8 Å². The number of cyclic esters (lactones) is 1. The van der Waals surface area contributed by atoms with Crippen molar-refractivity contribution in [3.05, 3.63) is 95.6 Å². The second-order valence-electron chi connectivity index (χ2n) is 20.3. The third kappa shape index (κ3) is 17.7. The number of likely N-dealkylation sites (N-methyl/N-ethyl adjacent to an activating group) is 1. The van der Waals surface area contributed by atoms with Crippen LogP contribution in [0.5, 0.6) is 11.5 Å². The smallest absolute Gasteiger partial charge is 0.397 e. The summed E-state index contributed by atoms with van der Waals surface area (Å²) in [5.41, 5.74) is 1.82. The summed E-state index contributed by atoms with van der Waals surface area (Å²) < 4.78 is 47.5. The molecule has 0 saturated carbocycles. The summed E-state index contributed by atoms with van der Waals surface area (Å²) in [6.07, 6.45) is -4.74. The lowest BCUT2D eigenvalue weighted by Crippen LogP contribution is -2.66. The van der Waals surface area contributed by atoms with Crippen molar-refractivity contribution in [3.8, 4) is 11.5 Å². The normalized spacial score (nSPS) is 24.3. The Morgan fingerprint density at radius 1 is 0.775 bits per heavy atom. The molecule has 0 aliphatic carbocycles. The zero-order valence-corrected chi connectivity index (χ0v) is 46.7. The number of esters is 1. The van der Waals surface area contributed by atoms with E-state index in [-0.39, 0.29) is 62.9 Å². The molecule has 2 saturated heterocycles. The van der Waals surface area contributed by atoms with Crippen LogP contribution in [-0.2, 0) is 81.7 Å². The number of methoxy groups -OCH3 is 1. The third-order valence-corrected chi connectivity index (χ3v) is 15.1. The molecule has 2 aliphatic heterocycles. The Balaban J connectivity index is 1.64. The van der Waals surface area contributed by atoms with E-state index in [1.165, 1.54) is 43.1 Å². The van der Waals surface area contributed by atoms with Crippen LogP contribution in [0.3, 0.4) is 0 Å². The summed E-state index contributed by atoms with van der Waals surface area (Å²) in [5.74, 6) is -8.92. The summed E-state index contributed by atoms with van der Waals surface area (Å²) in [7, 11) is -2.64. The lowest BCUT2D eigenvalue weighted by molar-refractivity contribution is -0.168. The first-order chi connectivity index (χ1) is 37.8. The molecule has 2 aliphatic rings. The number of benzene rings is 3. The van der Waals surface area contributed by atoms with Crippen molar-refractivity contribution < 1.29 is 80.3 Å². The van der Waals surface area contributed by atoms with E-state index in [0.717, 1.165) is 12.0 Å². The molecule has 7 amide bonds. The molecule has 9 N–H and O–H groups in total. The fourth-order valence-corrected chi connectivity index (χ4v) is 9.70. The van der Waals surface area contributed by atoms with Gasteiger partial charge in [-0.3, -0.25) is 38.1 Å². The predicted molar refractivity (Wildman–Crippen MR) is 288 cm³/mol. The van der Waals surface area contributed by atoms with E-state index < -0.39 is 137 Å². The maximum atomic E-state index is 15.1. The van der Waals surface area contributed by atoms with Crippen LogP contribution in [0.2, 0.25) is 0 Å². The number of aliphatic hydroxyl groups is 1. The largest absolute Gasteiger partial charge is 0.508 e. The number of ether oxygens (including phenoxy) is 2. The van der Waals surface area contributed by atoms with Gasteiger partial charge in [-0.1, -0.05) is 95.1 Å². The Morgan fingerprint density at radius 2 is 1.38 bits per heavy atom. The number of carbonyl (C=O) groups is 8. The molecule has 12 atom stereocenters. The third-order valence-electron chi connectivity index (χ3n) is 14.7. The molecule has 438 valence electrons. The lowest BCUT2D eigenvalue weighted by Gasteiger charge is -2.44. The Hall–Kier alpha value is -7.19. The van der Waals surface area contributed by atoms with Crippen LogP contribution in [0.1, 0.15) is 89.8 Å². The molecule has 2 heterocycles. The quantitative estimate of drug-likeness (QED) is 0.0569. The second kappa shape index (κ2) is 29.3. The number of fused-ring (bicyclic) bond motifs is 2. The van der Waals surface area contributed by atoms with Crippen molar-refractivity contribution in [2.45, 2.75) is 153 Å². The minimum Gasteiger partial charge on any atom is -0.508 e. The number of phenols is 2. The van der Waals surface area contributed by atoms with Crippen LogP contribution in [-0.4, -0.2) is 167 Å². The summed E-state index contributed by atoms with van der Waals surface area (Å²) in [6, 6.07) is 10.1. The van der Waals surface area contributed by atoms with E-state index in [1.54, 1.807) is 82.3 Å². The highest BCUT2D eigenvalue weighted by Gasteiger charge is 2.47. The Labute approximate surface area is 465 Å². The fourth-order valence-electron chi connectivity index (χ4n) is 9.40. The van der Waals surface area contributed by atoms with Crippen molar-refractivity contribution in [1.82, 2.24) is 36.4 Å². The predicted octanol–water partition coefficient (Wildman–Crippen LogP) is 1.34. The van der Waals surface area contributed by atoms with Gasteiger partial charge in [-0.05, 0) is 98.2 Å². The van der Waals surface area contributed by atoms with Gasteiger partial charge in [0.25, 0.3) is 5.91 Å². The number of piperidine rings is 1. The first-order valence-electron chi connectivity index (χ1n) is 26.6. The minimum absolute atomic E-state index is 0.0414. The summed E-state index contributed by atoms with van der Waals surface area (Å²) in [4.78, 5) is 120. The number of hydrogen-bond acceptors (Lipinski definition) is 16. The van der Waals surface area contributed by atoms with Gasteiger partial charge in [0.2, 0.25) is 35.4 Å². The molecule has 24 nitrogen and oxygen atoms in total. The number of carbonyl (C=O) groups excluding carboxylic acids is 8. The maximum absolute atomic E-state index is 15.1. The molecule has 2 bridgehead atoms. The highest BCUT2D eigenvalue weighted by Crippen LogP contribution is 2.28. The molecule has 0 aromatic heterocycles. The van der Waals surface area contributed by atoms with Crippen molar-refractivity contribution >= 4 is 57.7 Å². The minimum atomic E-state index is -5.06. The second-order valence-corrected chi connectivity index (χ2v) is 21.4. The first-order valence-corrected chi connectivity index (χ1v) is 28.0. The van der Waals surface area contributed by atoms with Gasteiger partial charge in [0, 0.05) is 20.6 Å². The molecule has 5 unspecified atom stereocenters. The number of nitrogens with zero attached hydrogens (tertiary/aromatic N) is 2. The van der Waals surface area contributed by atoms with Gasteiger partial charge in [0.1, 0.15) is 72.7 Å². The number of aromatic hydroxyl groups is 2. The van der Waals surface area contributed by atoms with Gasteiger partial charge >= 0.3 is 16.4 Å². The zero-order valence-electron chi connectivity index (χ0n) is 45.9. The zero-order chi connectivity index (χ0) is 59.0. The van der Waals surface area contributed by atoms with Gasteiger partial charge in [-0.2, -0.15) is 8.42 Å². The highest BCUT2D eigenvalue weighted by molar-refractivity contribution is 7.80. The topological polar surface area (TPSA) is 346 Å². The average molecular weight is 1140 g/mol. The number of aryl methyl sites for hydroxylation is 2. The highest BCUT2D eigenvalue weighted by atomic mass is 32.3. The molecule has 3 aromatic rings. The van der Waals surface area contributed by atoms with Crippen molar-refractivity contribution in [1.29, 1.82) is 0 Å². The van der Waals surface area contributed by atoms with Gasteiger partial charge < -0.3 is 61.2 Å². The number of hydrogen-bond donors (Lipinski definition) is 9. The van der Waals surface area contributed by atoms with E-state index >= 15 is 9.59 Å². The van der Waals surface area contributed by atoms with E-state index in [0.29, 0.717) is 23.1 Å². The standard InChI is InChI=1S/C55H75N7O17S/c1-8-31(3)45-55(73)79-33(5)46(60-49(67)40(26-20-35-17-23-38(64)24-18-35)56-51(69)43(77-7)30-78-80(74,75)76)52(70)57-39(25-19-34-15-21-37(63)22-16-34)48(66)58-41-27-28-44(65)62(53(41)71)47(32(4)9-2)54(72)61(6)42(50(68)59-45)29-36-13-11-10-12-14-36/h10-18,21-24,31-33,39-47,63-65H,8-9,19-20,25-30H2,1-7H3,(H,56,69)(H,57,70)(H,58,66)(H,59,68)(H,60,67)(H,74,75,76)/t31?,32?,33-,39?,40-,41+,42+,43-,44-,45+,46?,47?/m1/s1. The molecule has 0 spiro atoms. The lowest BCUT2D eigenvalue weighted by atomic mass is 9.91. The van der Waals surface area contributed by atoms with Gasteiger partial charge in [-0.15, -0.1) is 0 Å². The molecule has 5 rings (SSSR count). The molecular weight excluding hydrogens is 1060 g/mol. The van der Waals surface area contributed by atoms with Crippen LogP contribution in [0.4, 0.5) is 0 Å². The molecule has 25 heteroatoms. The summed E-state index contributed by atoms with van der Waals surface area (Å²) >= 11 is 0. The Kier molecular flexibility index (Phi) is 23.3. The summed E-state index contributed by atoms with van der Waals surface area (Å²) in [5, 5.41) is 44.7. The van der Waals surface area contributed by atoms with Crippen LogP contribution >= 0.6 is 0 Å². The van der Waals surface area contributed by atoms with Crippen LogP contribution < -0.4 is 26.6 Å². The van der Waals surface area contributed by atoms with Crippen molar-refractivity contribution in [2.24, 2.45) is 11.8 Å². The molecule has 80 heavy (non-hydrogen) atoms. The average Bonchev–Trinajstić information content (AvgIpc) is 3.44. The van der Waals surface area contributed by atoms with Crippen molar-refractivity contribution in [3.63, 3.8) is 0 Å². The van der Waals surface area contributed by atoms with Crippen LogP contribution in [0.15, 0.2) is 78.9 Å². The molecule has 2 fully saturated rings. The number of amides is 7. The number of aliphatic hydroxyl groups excluding tert-OH is 1. The molecular formula is C55H75N7O17S. The van der Waals surface area contributed by atoms with Gasteiger partial charge in [0.05, 0.1) is 0 Å². The van der Waals surface area contributed by atoms with Crippen LogP contribution in [0.25, 0.3) is 0 Å². The van der Waals surface area contributed by atoms with Gasteiger partial charge in [0.15, 0.2) is 6.10 Å². The maximum Gasteiger partial charge on any atom is 0.397 e. The van der Waals surface area contributed by atoms with E-state index in [9.17, 15) is 57.1 Å². The van der Waals surface area contributed by atoms with Gasteiger partial charge in [-0.25, -0.2) is 8.98 Å². The number of nitrogens with one attached hydrogen (secondary N) is 5. The monoisotopic (exact) mass is 1140 g/mol. The number of rotatable bonds is 20. The number of phenolic OH excluding ortho intramolecular Hbond substituents is 2. The molecule has 0 radical (unpaired) electrons. The van der Waals surface area contributed by atoms with E-state index in [2.05, 4.69) is 30.8 Å². The fraction of sp³-hybridized carbons (Fsp3) is 0.527. The SMILES string of the molecule is CCC(C)C1C(=O)N(C)[C@@H](Cc2ccccc2)C(=O)N[C@@H](C(C)CC)C(=O)O[C@H](C)C(NC(=O)[C@@H](CCc2ccc(O)cc2)NC(=O)[C@@H](COS(=O)(=O)O)OC)C(=O)NC(CCc2ccc(O)cc2)C(=O)N[C@H]2CC[C@@H](O)N1C2=O. The first kappa shape index (κ1) is 63.6. The Morgan fingerprint density at radius 3 is 1.95 bits per heavy atom. The Bertz CT molecular complexity index is 2740.